The second-order valence-electron chi connectivity index (χ2n) is 8.40. The molecule has 0 saturated heterocycles. The highest BCUT2D eigenvalue weighted by atomic mass is 35.5. The molecule has 0 fully saturated rings. The van der Waals surface area contributed by atoms with Crippen LogP contribution in [0.25, 0.3) is 0 Å². The second kappa shape index (κ2) is 12.6. The van der Waals surface area contributed by atoms with Crippen LogP contribution in [0.2, 0.25) is 5.02 Å². The average molecular weight is 544 g/mol. The Morgan fingerprint density at radius 3 is 2.11 bits per heavy atom. The summed E-state index contributed by atoms with van der Waals surface area (Å²) < 4.78 is 32.2. The van der Waals surface area contributed by atoms with Crippen molar-refractivity contribution in [2.45, 2.75) is 26.4 Å². The number of amides is 2. The van der Waals surface area contributed by atoms with Crippen LogP contribution in [0.15, 0.2) is 78.9 Å². The molecule has 196 valence electrons. The van der Waals surface area contributed by atoms with Gasteiger partial charge >= 0.3 is 0 Å². The minimum absolute atomic E-state index is 0.107. The van der Waals surface area contributed by atoms with E-state index < -0.39 is 28.5 Å². The summed E-state index contributed by atoms with van der Waals surface area (Å²) in [7, 11) is -3.83. The summed E-state index contributed by atoms with van der Waals surface area (Å²) in [5.41, 5.74) is 1.05. The van der Waals surface area contributed by atoms with Crippen molar-refractivity contribution in [3.05, 3.63) is 89.4 Å². The highest BCUT2D eigenvalue weighted by molar-refractivity contribution is 7.92. The van der Waals surface area contributed by atoms with Crippen molar-refractivity contribution in [2.75, 3.05) is 23.7 Å². The maximum absolute atomic E-state index is 13.5. The Hall–Kier alpha value is -3.56. The predicted molar refractivity (Wildman–Crippen MR) is 145 cm³/mol. The van der Waals surface area contributed by atoms with Gasteiger partial charge in [0.2, 0.25) is 21.8 Å². The molecule has 1 N–H and O–H groups in total. The first kappa shape index (κ1) is 28.0. The van der Waals surface area contributed by atoms with Crippen molar-refractivity contribution in [1.82, 2.24) is 10.2 Å². The van der Waals surface area contributed by atoms with Crippen molar-refractivity contribution in [1.29, 1.82) is 0 Å². The van der Waals surface area contributed by atoms with Crippen molar-refractivity contribution < 1.29 is 22.7 Å². The molecule has 0 spiro atoms. The summed E-state index contributed by atoms with van der Waals surface area (Å²) in [6.07, 6.45) is 1.03. The van der Waals surface area contributed by atoms with Crippen LogP contribution in [0.1, 0.15) is 19.4 Å². The van der Waals surface area contributed by atoms with Gasteiger partial charge in [0.1, 0.15) is 24.1 Å². The number of halogens is 1. The second-order valence-corrected chi connectivity index (χ2v) is 10.7. The SMILES string of the molecule is CCNC(=O)C(C)N(Cc1ccc(Cl)cc1)C(=O)CN(c1ccc(Oc2ccccc2)cc1)S(C)(=O)=O. The molecular formula is C27H30ClN3O5S. The van der Waals surface area contributed by atoms with Gasteiger partial charge in [-0.2, -0.15) is 0 Å². The maximum Gasteiger partial charge on any atom is 0.244 e. The Morgan fingerprint density at radius 2 is 1.54 bits per heavy atom. The monoisotopic (exact) mass is 543 g/mol. The molecule has 3 aromatic carbocycles. The van der Waals surface area contributed by atoms with Gasteiger partial charge in [-0.15, -0.1) is 0 Å². The van der Waals surface area contributed by atoms with Gasteiger partial charge in [-0.05, 0) is 67.9 Å². The Labute approximate surface area is 222 Å². The molecule has 2 amide bonds. The molecule has 0 saturated carbocycles. The maximum atomic E-state index is 13.5. The van der Waals surface area contributed by atoms with Crippen LogP contribution >= 0.6 is 11.6 Å². The van der Waals surface area contributed by atoms with E-state index in [2.05, 4.69) is 5.32 Å². The third-order valence-corrected chi connectivity index (χ3v) is 6.96. The van der Waals surface area contributed by atoms with E-state index in [0.717, 1.165) is 16.1 Å². The molecule has 8 nitrogen and oxygen atoms in total. The highest BCUT2D eigenvalue weighted by Gasteiger charge is 2.30. The van der Waals surface area contributed by atoms with E-state index in [1.807, 2.05) is 18.2 Å². The molecule has 3 aromatic rings. The van der Waals surface area contributed by atoms with E-state index in [4.69, 9.17) is 16.3 Å². The van der Waals surface area contributed by atoms with Gasteiger partial charge in [-0.25, -0.2) is 8.42 Å². The number of nitrogens with one attached hydrogen (secondary N) is 1. The number of para-hydroxylation sites is 1. The first-order valence-electron chi connectivity index (χ1n) is 11.7. The summed E-state index contributed by atoms with van der Waals surface area (Å²) in [5, 5.41) is 3.26. The van der Waals surface area contributed by atoms with E-state index in [1.54, 1.807) is 74.5 Å². The Morgan fingerprint density at radius 1 is 0.946 bits per heavy atom. The Balaban J connectivity index is 1.85. The van der Waals surface area contributed by atoms with Crippen LogP contribution in [0.5, 0.6) is 11.5 Å². The van der Waals surface area contributed by atoms with Gasteiger partial charge in [0.15, 0.2) is 0 Å². The number of hydrogen-bond acceptors (Lipinski definition) is 5. The molecule has 0 aliphatic carbocycles. The first-order chi connectivity index (χ1) is 17.6. The quantitative estimate of drug-likeness (QED) is 0.385. The fourth-order valence-corrected chi connectivity index (χ4v) is 4.59. The van der Waals surface area contributed by atoms with Gasteiger partial charge in [0.05, 0.1) is 11.9 Å². The third kappa shape index (κ3) is 7.96. The molecule has 0 aromatic heterocycles. The number of benzene rings is 3. The van der Waals surface area contributed by atoms with Crippen molar-refractivity contribution in [3.8, 4) is 11.5 Å². The summed E-state index contributed by atoms with van der Waals surface area (Å²) in [6, 6.07) is 21.7. The van der Waals surface area contributed by atoms with Crippen LogP contribution in [0.4, 0.5) is 5.69 Å². The zero-order chi connectivity index (χ0) is 27.0. The zero-order valence-corrected chi connectivity index (χ0v) is 22.5. The molecule has 10 heteroatoms. The normalized spacial score (nSPS) is 11.9. The standard InChI is InChI=1S/C27H30ClN3O5S/c1-4-29-27(33)20(2)30(18-21-10-12-22(28)13-11-21)26(32)19-31(37(3,34)35)23-14-16-25(17-15-23)36-24-8-6-5-7-9-24/h5-17,20H,4,18-19H2,1-3H3,(H,29,33). The number of hydrogen-bond donors (Lipinski definition) is 1. The molecule has 0 radical (unpaired) electrons. The number of sulfonamides is 1. The third-order valence-electron chi connectivity index (χ3n) is 5.57. The van der Waals surface area contributed by atoms with Crippen molar-refractivity contribution in [2.24, 2.45) is 0 Å². The number of anilines is 1. The average Bonchev–Trinajstić information content (AvgIpc) is 2.87. The lowest BCUT2D eigenvalue weighted by atomic mass is 10.1. The van der Waals surface area contributed by atoms with Gasteiger partial charge in [0, 0.05) is 18.1 Å². The van der Waals surface area contributed by atoms with Gasteiger partial charge < -0.3 is 15.0 Å². The molecule has 0 aliphatic rings. The van der Waals surface area contributed by atoms with E-state index in [0.29, 0.717) is 28.8 Å². The highest BCUT2D eigenvalue weighted by Crippen LogP contribution is 2.26. The molecule has 0 heterocycles. The fraction of sp³-hybridized carbons (Fsp3) is 0.259. The van der Waals surface area contributed by atoms with Gasteiger partial charge in [-0.1, -0.05) is 41.9 Å². The van der Waals surface area contributed by atoms with Crippen LogP contribution in [-0.2, 0) is 26.2 Å². The first-order valence-corrected chi connectivity index (χ1v) is 13.9. The molecular weight excluding hydrogens is 514 g/mol. The van der Waals surface area contributed by atoms with Gasteiger partial charge in [-0.3, -0.25) is 13.9 Å². The predicted octanol–water partition coefficient (Wildman–Crippen LogP) is 4.45. The summed E-state index contributed by atoms with van der Waals surface area (Å²) in [6.45, 7) is 3.43. The van der Waals surface area contributed by atoms with E-state index >= 15 is 0 Å². The number of nitrogens with zero attached hydrogens (tertiary/aromatic N) is 2. The number of rotatable bonds is 11. The van der Waals surface area contributed by atoms with Crippen LogP contribution in [-0.4, -0.2) is 50.5 Å². The topological polar surface area (TPSA) is 96.0 Å². The minimum atomic E-state index is -3.83. The molecule has 0 bridgehead atoms. The lowest BCUT2D eigenvalue weighted by molar-refractivity contribution is -0.139. The summed E-state index contributed by atoms with van der Waals surface area (Å²) in [4.78, 5) is 27.5. The number of ether oxygens (including phenoxy) is 1. The number of likely N-dealkylation sites (N-methyl/N-ethyl adjacent to an activating group) is 1. The number of carbonyl (C=O) groups excluding carboxylic acids is 2. The smallest absolute Gasteiger partial charge is 0.244 e. The summed E-state index contributed by atoms with van der Waals surface area (Å²) in [5.74, 6) is 0.299. The van der Waals surface area contributed by atoms with Crippen molar-refractivity contribution in [3.63, 3.8) is 0 Å². The van der Waals surface area contributed by atoms with Crippen molar-refractivity contribution >= 4 is 39.1 Å². The molecule has 37 heavy (non-hydrogen) atoms. The van der Waals surface area contributed by atoms with E-state index in [1.165, 1.54) is 4.90 Å². The lowest BCUT2D eigenvalue weighted by Crippen LogP contribution is -2.51. The Kier molecular flexibility index (Phi) is 9.54. The largest absolute Gasteiger partial charge is 0.457 e. The van der Waals surface area contributed by atoms with E-state index in [-0.39, 0.29) is 12.5 Å². The van der Waals surface area contributed by atoms with E-state index in [9.17, 15) is 18.0 Å². The number of carbonyl (C=O) groups is 2. The van der Waals surface area contributed by atoms with Crippen LogP contribution in [0.3, 0.4) is 0 Å². The van der Waals surface area contributed by atoms with Crippen LogP contribution < -0.4 is 14.4 Å². The lowest BCUT2D eigenvalue weighted by Gasteiger charge is -2.31. The Bertz CT molecular complexity index is 1300. The summed E-state index contributed by atoms with van der Waals surface area (Å²) >= 11 is 5.98. The van der Waals surface area contributed by atoms with Gasteiger partial charge in [0.25, 0.3) is 0 Å². The zero-order valence-electron chi connectivity index (χ0n) is 20.9. The molecule has 3 rings (SSSR count). The fourth-order valence-electron chi connectivity index (χ4n) is 3.61. The minimum Gasteiger partial charge on any atom is -0.457 e. The van der Waals surface area contributed by atoms with Crippen LogP contribution in [0, 0.1) is 0 Å². The molecule has 1 atom stereocenters. The molecule has 1 unspecified atom stereocenters. The molecule has 0 aliphatic heterocycles.